The Morgan fingerprint density at radius 3 is 2.37 bits per heavy atom. The Kier molecular flexibility index (Phi) is 9.37. The van der Waals surface area contributed by atoms with Crippen LogP contribution in [0.1, 0.15) is 38.8 Å². The van der Waals surface area contributed by atoms with Crippen molar-refractivity contribution >= 4 is 27.7 Å². The number of benzene rings is 2. The number of carbonyl (C=O) groups is 2. The van der Waals surface area contributed by atoms with Crippen LogP contribution >= 0.6 is 15.9 Å². The van der Waals surface area contributed by atoms with E-state index in [9.17, 15) is 9.59 Å². The molecule has 0 bridgehead atoms. The van der Waals surface area contributed by atoms with Gasteiger partial charge in [-0.2, -0.15) is 0 Å². The van der Waals surface area contributed by atoms with E-state index in [0.29, 0.717) is 24.8 Å². The van der Waals surface area contributed by atoms with Gasteiger partial charge in [0.25, 0.3) is 5.91 Å². The zero-order chi connectivity index (χ0) is 22.1. The lowest BCUT2D eigenvalue weighted by atomic mass is 10.1. The number of carbonyl (C=O) groups excluding carboxylic acids is 2. The van der Waals surface area contributed by atoms with Crippen molar-refractivity contribution in [2.45, 2.75) is 46.7 Å². The zero-order valence-electron chi connectivity index (χ0n) is 18.2. The number of hydrogen-bond donors (Lipinski definition) is 1. The molecular weight excluding hydrogens is 444 g/mol. The van der Waals surface area contributed by atoms with E-state index in [1.165, 1.54) is 5.56 Å². The number of aryl methyl sites for hydroxylation is 1. The molecule has 0 heterocycles. The summed E-state index contributed by atoms with van der Waals surface area (Å²) < 4.78 is 6.59. The first-order valence-corrected chi connectivity index (χ1v) is 11.1. The van der Waals surface area contributed by atoms with Crippen LogP contribution in [0.4, 0.5) is 0 Å². The number of ether oxygens (including phenoxy) is 1. The highest BCUT2D eigenvalue weighted by atomic mass is 79.9. The molecule has 2 aromatic carbocycles. The summed E-state index contributed by atoms with van der Waals surface area (Å²) in [5.41, 5.74) is 2.14. The van der Waals surface area contributed by atoms with Crippen molar-refractivity contribution in [3.8, 4) is 5.75 Å². The third-order valence-corrected chi connectivity index (χ3v) is 5.42. The Bertz CT molecular complexity index is 840. The first-order valence-electron chi connectivity index (χ1n) is 10.3. The summed E-state index contributed by atoms with van der Waals surface area (Å²) in [5.74, 6) is 0.544. The molecule has 2 rings (SSSR count). The maximum atomic E-state index is 13.0. The second-order valence-corrected chi connectivity index (χ2v) is 8.58. The van der Waals surface area contributed by atoms with Gasteiger partial charge >= 0.3 is 0 Å². The normalized spacial score (nSPS) is 11.8. The first kappa shape index (κ1) is 23.9. The largest absolute Gasteiger partial charge is 0.483 e. The van der Waals surface area contributed by atoms with Crippen molar-refractivity contribution in [3.63, 3.8) is 0 Å². The van der Waals surface area contributed by atoms with Gasteiger partial charge in [0.2, 0.25) is 5.91 Å². The van der Waals surface area contributed by atoms with E-state index in [2.05, 4.69) is 28.2 Å². The van der Waals surface area contributed by atoms with Gasteiger partial charge in [0.05, 0.1) is 4.47 Å². The molecule has 0 saturated carbocycles. The molecule has 0 unspecified atom stereocenters. The van der Waals surface area contributed by atoms with Crippen molar-refractivity contribution in [2.75, 3.05) is 13.2 Å². The third kappa shape index (κ3) is 7.17. The minimum Gasteiger partial charge on any atom is -0.483 e. The third-order valence-electron chi connectivity index (χ3n) is 4.80. The Balaban J connectivity index is 2.12. The molecule has 1 atom stereocenters. The van der Waals surface area contributed by atoms with Gasteiger partial charge in [0, 0.05) is 13.1 Å². The average molecular weight is 475 g/mol. The number of hydrogen-bond acceptors (Lipinski definition) is 3. The fourth-order valence-electron chi connectivity index (χ4n) is 2.92. The van der Waals surface area contributed by atoms with Crippen molar-refractivity contribution < 1.29 is 14.3 Å². The molecule has 162 valence electrons. The van der Waals surface area contributed by atoms with Crippen LogP contribution in [0, 0.1) is 5.92 Å². The van der Waals surface area contributed by atoms with Crippen LogP contribution in [0.25, 0.3) is 0 Å². The molecule has 30 heavy (non-hydrogen) atoms. The van der Waals surface area contributed by atoms with Gasteiger partial charge in [-0.15, -0.1) is 0 Å². The van der Waals surface area contributed by atoms with Crippen LogP contribution in [0.2, 0.25) is 0 Å². The maximum Gasteiger partial charge on any atom is 0.261 e. The second-order valence-electron chi connectivity index (χ2n) is 7.73. The van der Waals surface area contributed by atoms with Crippen LogP contribution < -0.4 is 10.1 Å². The molecule has 0 radical (unpaired) electrons. The fourth-order valence-corrected chi connectivity index (χ4v) is 3.46. The molecule has 2 amide bonds. The van der Waals surface area contributed by atoms with E-state index >= 15 is 0 Å². The number of halogens is 1. The van der Waals surface area contributed by atoms with E-state index in [1.54, 1.807) is 11.8 Å². The lowest BCUT2D eigenvalue weighted by molar-refractivity contribution is -0.142. The van der Waals surface area contributed by atoms with Crippen molar-refractivity contribution in [3.05, 3.63) is 64.1 Å². The molecule has 5 nitrogen and oxygen atoms in total. The minimum absolute atomic E-state index is 0.140. The van der Waals surface area contributed by atoms with E-state index in [1.807, 2.05) is 62.4 Å². The number of nitrogens with zero attached hydrogens (tertiary/aromatic N) is 1. The van der Waals surface area contributed by atoms with Crippen molar-refractivity contribution in [1.29, 1.82) is 0 Å². The summed E-state index contributed by atoms with van der Waals surface area (Å²) in [4.78, 5) is 27.2. The summed E-state index contributed by atoms with van der Waals surface area (Å²) in [6, 6.07) is 14.9. The van der Waals surface area contributed by atoms with Crippen molar-refractivity contribution in [2.24, 2.45) is 5.92 Å². The van der Waals surface area contributed by atoms with Crippen LogP contribution in [0.5, 0.6) is 5.75 Å². The standard InChI is InChI=1S/C24H31BrN2O3/c1-5-19-11-12-22(21(25)13-19)30-16-23(28)27(15-20-9-7-6-8-10-20)18(4)24(29)26-14-17(2)3/h6-13,17-18H,5,14-16H2,1-4H3,(H,26,29)/t18-/m1/s1. The monoisotopic (exact) mass is 474 g/mol. The molecule has 1 N–H and O–H groups in total. The predicted molar refractivity (Wildman–Crippen MR) is 123 cm³/mol. The molecule has 0 saturated heterocycles. The van der Waals surface area contributed by atoms with Gasteiger partial charge in [0.1, 0.15) is 11.8 Å². The quantitative estimate of drug-likeness (QED) is 0.548. The smallest absolute Gasteiger partial charge is 0.261 e. The van der Waals surface area contributed by atoms with Crippen LogP contribution in [-0.2, 0) is 22.6 Å². The lowest BCUT2D eigenvalue weighted by Gasteiger charge is -2.29. The first-order chi connectivity index (χ1) is 14.3. The molecule has 0 aliphatic carbocycles. The lowest BCUT2D eigenvalue weighted by Crippen LogP contribution is -2.49. The summed E-state index contributed by atoms with van der Waals surface area (Å²) in [5, 5.41) is 2.92. The molecule has 0 aromatic heterocycles. The Morgan fingerprint density at radius 1 is 1.07 bits per heavy atom. The summed E-state index contributed by atoms with van der Waals surface area (Å²) >= 11 is 3.50. The van der Waals surface area contributed by atoms with E-state index in [0.717, 1.165) is 16.5 Å². The molecule has 2 aromatic rings. The van der Waals surface area contributed by atoms with Gasteiger partial charge in [-0.1, -0.05) is 57.2 Å². The highest BCUT2D eigenvalue weighted by Crippen LogP contribution is 2.26. The van der Waals surface area contributed by atoms with Crippen LogP contribution in [0.15, 0.2) is 53.0 Å². The van der Waals surface area contributed by atoms with Crippen LogP contribution in [-0.4, -0.2) is 35.9 Å². The Hall–Kier alpha value is -2.34. The second kappa shape index (κ2) is 11.7. The molecule has 0 spiro atoms. The van der Waals surface area contributed by atoms with E-state index < -0.39 is 6.04 Å². The Labute approximate surface area is 187 Å². The number of nitrogens with one attached hydrogen (secondary N) is 1. The number of rotatable bonds is 10. The molecular formula is C24H31BrN2O3. The van der Waals surface area contributed by atoms with Gasteiger partial charge in [0.15, 0.2) is 6.61 Å². The zero-order valence-corrected chi connectivity index (χ0v) is 19.7. The summed E-state index contributed by atoms with van der Waals surface area (Å²) in [6.45, 7) is 8.68. The van der Waals surface area contributed by atoms with Gasteiger partial charge < -0.3 is 15.0 Å². The number of amides is 2. The molecule has 0 aliphatic heterocycles. The molecule has 0 fully saturated rings. The van der Waals surface area contributed by atoms with Gasteiger partial charge in [-0.25, -0.2) is 0 Å². The highest BCUT2D eigenvalue weighted by molar-refractivity contribution is 9.10. The Morgan fingerprint density at radius 2 is 1.77 bits per heavy atom. The van der Waals surface area contributed by atoms with Crippen LogP contribution in [0.3, 0.4) is 0 Å². The summed E-state index contributed by atoms with van der Waals surface area (Å²) in [7, 11) is 0. The highest BCUT2D eigenvalue weighted by Gasteiger charge is 2.26. The van der Waals surface area contributed by atoms with Crippen molar-refractivity contribution in [1.82, 2.24) is 10.2 Å². The van der Waals surface area contributed by atoms with Gasteiger partial charge in [-0.05, 0) is 58.5 Å². The average Bonchev–Trinajstić information content (AvgIpc) is 2.74. The molecule has 0 aliphatic rings. The fraction of sp³-hybridized carbons (Fsp3) is 0.417. The van der Waals surface area contributed by atoms with Gasteiger partial charge in [-0.3, -0.25) is 9.59 Å². The topological polar surface area (TPSA) is 58.6 Å². The SMILES string of the molecule is CCc1ccc(OCC(=O)N(Cc2ccccc2)[C@H](C)C(=O)NCC(C)C)c(Br)c1. The van der Waals surface area contributed by atoms with E-state index in [-0.39, 0.29) is 18.4 Å². The van der Waals surface area contributed by atoms with E-state index in [4.69, 9.17) is 4.74 Å². The summed E-state index contributed by atoms with van der Waals surface area (Å²) in [6.07, 6.45) is 0.922. The minimum atomic E-state index is -0.606. The molecule has 6 heteroatoms. The predicted octanol–water partition coefficient (Wildman–Crippen LogP) is 4.58. The maximum absolute atomic E-state index is 13.0.